The van der Waals surface area contributed by atoms with E-state index in [1.54, 1.807) is 0 Å². The van der Waals surface area contributed by atoms with Gasteiger partial charge in [0.15, 0.2) is 11.5 Å². The molecule has 84 valence electrons. The number of hydrogen-bond donors (Lipinski definition) is 2. The predicted molar refractivity (Wildman–Crippen MR) is 47.9 cm³/mol. The summed E-state index contributed by atoms with van der Waals surface area (Å²) in [5, 5.41) is 9.36. The molecule has 0 aromatic heterocycles. The molecule has 0 spiro atoms. The number of ether oxygens (including phenoxy) is 1. The van der Waals surface area contributed by atoms with Crippen LogP contribution in [0.15, 0.2) is 18.2 Å². The summed E-state index contributed by atoms with van der Waals surface area (Å²) in [6.07, 6.45) is 0. The van der Waals surface area contributed by atoms with E-state index in [0.717, 1.165) is 6.07 Å². The summed E-state index contributed by atoms with van der Waals surface area (Å²) in [5.41, 5.74) is 3.38. The van der Waals surface area contributed by atoms with Crippen LogP contribution in [0.5, 0.6) is 11.5 Å². The normalized spacial score (nSPS) is 13.6. The molecule has 0 saturated heterocycles. The Morgan fingerprint density at radius 1 is 1.53 bits per heavy atom. The van der Waals surface area contributed by atoms with E-state index in [2.05, 4.69) is 5.73 Å². The number of hydrogen-bond acceptors (Lipinski definition) is 5. The molecule has 15 heavy (non-hydrogen) atoms. The van der Waals surface area contributed by atoms with Crippen LogP contribution >= 0.6 is 7.60 Å². The first-order valence-electron chi connectivity index (χ1n) is 4.08. The molecule has 0 saturated carbocycles. The maximum Gasteiger partial charge on any atom is 0.160 e. The van der Waals surface area contributed by atoms with Crippen molar-refractivity contribution in [3.63, 3.8) is 0 Å². The van der Waals surface area contributed by atoms with Crippen LogP contribution in [0.25, 0.3) is 0 Å². The van der Waals surface area contributed by atoms with Gasteiger partial charge in [0.2, 0.25) is 0 Å². The molecule has 1 aromatic rings. The molecule has 0 amide bonds. The number of phenols is 1. The SMILES string of the molecule is COc1ccc([C@H]([NH3+])P(=O)([O-])[O-])cc1O. The highest BCUT2D eigenvalue weighted by Crippen LogP contribution is 2.40. The fourth-order valence-electron chi connectivity index (χ4n) is 1.10. The van der Waals surface area contributed by atoms with Gasteiger partial charge < -0.3 is 29.9 Å². The van der Waals surface area contributed by atoms with E-state index in [-0.39, 0.29) is 17.1 Å². The van der Waals surface area contributed by atoms with E-state index in [1.165, 1.54) is 19.2 Å². The van der Waals surface area contributed by atoms with Gasteiger partial charge in [-0.1, -0.05) is 0 Å². The van der Waals surface area contributed by atoms with Crippen LogP contribution in [0, 0.1) is 0 Å². The molecule has 1 atom stereocenters. The molecule has 0 heterocycles. The number of aromatic hydroxyl groups is 1. The summed E-state index contributed by atoms with van der Waals surface area (Å²) in [5.74, 6) is -1.43. The fraction of sp³-hybridized carbons (Fsp3) is 0.250. The van der Waals surface area contributed by atoms with E-state index < -0.39 is 13.4 Å². The maximum atomic E-state index is 10.7. The van der Waals surface area contributed by atoms with Gasteiger partial charge in [0.1, 0.15) is 5.78 Å². The van der Waals surface area contributed by atoms with E-state index in [9.17, 15) is 19.5 Å². The lowest BCUT2D eigenvalue weighted by molar-refractivity contribution is -0.434. The highest BCUT2D eigenvalue weighted by Gasteiger charge is 2.15. The van der Waals surface area contributed by atoms with Crippen molar-refractivity contribution < 1.29 is 29.9 Å². The van der Waals surface area contributed by atoms with Crippen molar-refractivity contribution in [1.29, 1.82) is 0 Å². The summed E-state index contributed by atoms with van der Waals surface area (Å²) in [7, 11) is -3.42. The van der Waals surface area contributed by atoms with E-state index in [0.29, 0.717) is 0 Å². The predicted octanol–water partition coefficient (Wildman–Crippen LogP) is -1.44. The smallest absolute Gasteiger partial charge is 0.160 e. The van der Waals surface area contributed by atoms with Crippen LogP contribution in [0.2, 0.25) is 0 Å². The molecule has 6 nitrogen and oxygen atoms in total. The minimum absolute atomic E-state index is 0.140. The second-order valence-electron chi connectivity index (χ2n) is 2.99. The molecule has 0 radical (unpaired) electrons. The number of benzene rings is 1. The zero-order valence-electron chi connectivity index (χ0n) is 8.04. The van der Waals surface area contributed by atoms with Crippen LogP contribution in [0.3, 0.4) is 0 Å². The molecule has 0 aliphatic rings. The Morgan fingerprint density at radius 3 is 2.53 bits per heavy atom. The number of quaternary nitrogens is 1. The average molecular weight is 232 g/mol. The molecular weight excluding hydrogens is 221 g/mol. The summed E-state index contributed by atoms with van der Waals surface area (Å²) < 4.78 is 15.5. The summed E-state index contributed by atoms with van der Waals surface area (Å²) in [6, 6.07) is 3.90. The molecule has 0 aliphatic carbocycles. The Morgan fingerprint density at radius 2 is 2.13 bits per heavy atom. The highest BCUT2D eigenvalue weighted by molar-refractivity contribution is 7.48. The Bertz CT molecular complexity index is 402. The Labute approximate surface area is 86.5 Å². The second kappa shape index (κ2) is 4.20. The third-order valence-electron chi connectivity index (χ3n) is 1.97. The van der Waals surface area contributed by atoms with Crippen molar-refractivity contribution in [3.05, 3.63) is 23.8 Å². The molecule has 0 aliphatic heterocycles. The van der Waals surface area contributed by atoms with Crippen LogP contribution in [0.4, 0.5) is 0 Å². The van der Waals surface area contributed by atoms with E-state index in [1.807, 2.05) is 0 Å². The van der Waals surface area contributed by atoms with Gasteiger partial charge in [-0.25, -0.2) is 0 Å². The van der Waals surface area contributed by atoms with Gasteiger partial charge in [-0.05, 0) is 25.8 Å². The van der Waals surface area contributed by atoms with Gasteiger partial charge >= 0.3 is 0 Å². The summed E-state index contributed by atoms with van der Waals surface area (Å²) >= 11 is 0. The van der Waals surface area contributed by atoms with Crippen LogP contribution in [-0.4, -0.2) is 12.2 Å². The highest BCUT2D eigenvalue weighted by atomic mass is 31.2. The van der Waals surface area contributed by atoms with Gasteiger partial charge in [-0.15, -0.1) is 0 Å². The zero-order chi connectivity index (χ0) is 11.6. The van der Waals surface area contributed by atoms with Gasteiger partial charge in [-0.2, -0.15) is 0 Å². The first-order chi connectivity index (χ1) is 6.86. The zero-order valence-corrected chi connectivity index (χ0v) is 8.94. The van der Waals surface area contributed by atoms with Crippen molar-refractivity contribution in [2.24, 2.45) is 0 Å². The second-order valence-corrected chi connectivity index (χ2v) is 4.69. The van der Waals surface area contributed by atoms with Crippen molar-refractivity contribution in [1.82, 2.24) is 0 Å². The molecule has 0 bridgehead atoms. The van der Waals surface area contributed by atoms with Crippen molar-refractivity contribution in [2.75, 3.05) is 7.11 Å². The molecule has 7 heteroatoms. The minimum Gasteiger partial charge on any atom is -0.806 e. The molecule has 0 unspecified atom stereocenters. The van der Waals surface area contributed by atoms with Gasteiger partial charge in [0.05, 0.1) is 7.11 Å². The number of phenolic OH excluding ortho intramolecular Hbond substituents is 1. The topological polar surface area (TPSA) is 120 Å². The largest absolute Gasteiger partial charge is 0.806 e. The summed E-state index contributed by atoms with van der Waals surface area (Å²) in [6.45, 7) is 0. The first-order valence-corrected chi connectivity index (χ1v) is 5.69. The molecule has 1 rings (SSSR count). The van der Waals surface area contributed by atoms with Crippen molar-refractivity contribution in [3.8, 4) is 11.5 Å². The van der Waals surface area contributed by atoms with Crippen LogP contribution in [-0.2, 0) is 4.57 Å². The molecule has 4 N–H and O–H groups in total. The Kier molecular flexibility index (Phi) is 3.36. The summed E-state index contributed by atoms with van der Waals surface area (Å²) in [4.78, 5) is 21.4. The first kappa shape index (κ1) is 12.0. The average Bonchev–Trinajstić information content (AvgIpc) is 2.15. The number of rotatable bonds is 3. The fourth-order valence-corrected chi connectivity index (χ4v) is 1.62. The van der Waals surface area contributed by atoms with E-state index >= 15 is 0 Å². The van der Waals surface area contributed by atoms with Gasteiger partial charge in [0, 0.05) is 5.56 Å². The molecule has 0 fully saturated rings. The third-order valence-corrected chi connectivity index (χ3v) is 3.03. The molecule has 1 aromatic carbocycles. The quantitative estimate of drug-likeness (QED) is 0.618. The van der Waals surface area contributed by atoms with Crippen LogP contribution in [0.1, 0.15) is 11.3 Å². The Balaban J connectivity index is 3.08. The lowest BCUT2D eigenvalue weighted by Crippen LogP contribution is -2.56. The lowest BCUT2D eigenvalue weighted by Gasteiger charge is -2.32. The van der Waals surface area contributed by atoms with Crippen LogP contribution < -0.4 is 20.3 Å². The lowest BCUT2D eigenvalue weighted by atomic mass is 10.2. The third kappa shape index (κ3) is 2.70. The van der Waals surface area contributed by atoms with E-state index in [4.69, 9.17) is 4.74 Å². The number of methoxy groups -OCH3 is 1. The standard InChI is InChI=1S/C8H12NO5P/c1-14-7-3-2-5(4-6(7)10)8(9)15(11,12)13/h2-4,8,10H,9H2,1H3,(H2,11,12,13)/p-1/t8-/m1/s1. The van der Waals surface area contributed by atoms with Crippen molar-refractivity contribution in [2.45, 2.75) is 5.78 Å². The van der Waals surface area contributed by atoms with Gasteiger partial charge in [-0.3, -0.25) is 0 Å². The molecular formula is C8H11NO5P-. The monoisotopic (exact) mass is 232 g/mol. The maximum absolute atomic E-state index is 10.7. The Hall–Kier alpha value is -1.07. The van der Waals surface area contributed by atoms with Crippen molar-refractivity contribution >= 4 is 7.60 Å². The van der Waals surface area contributed by atoms with Gasteiger partial charge in [0.25, 0.3) is 0 Å². The minimum atomic E-state index is -4.79.